The van der Waals surface area contributed by atoms with Crippen LogP contribution in [0.5, 0.6) is 0 Å². The fraction of sp³-hybridized carbons (Fsp3) is 0.250. The van der Waals surface area contributed by atoms with Gasteiger partial charge in [-0.3, -0.25) is 0 Å². The van der Waals surface area contributed by atoms with Gasteiger partial charge in [-0.1, -0.05) is 18.7 Å². The van der Waals surface area contributed by atoms with E-state index in [0.29, 0.717) is 5.57 Å². The fourth-order valence-electron chi connectivity index (χ4n) is 1.23. The second-order valence-electron chi connectivity index (χ2n) is 3.43. The molecule has 0 saturated heterocycles. The molecule has 86 valence electrons. The summed E-state index contributed by atoms with van der Waals surface area (Å²) in [6.07, 6.45) is 0. The lowest BCUT2D eigenvalue weighted by Gasteiger charge is -2.17. The maximum Gasteiger partial charge on any atom is 0.332 e. The minimum Gasteiger partial charge on any atom is -0.467 e. The highest BCUT2D eigenvalue weighted by Crippen LogP contribution is 2.16. The van der Waals surface area contributed by atoms with Gasteiger partial charge in [-0.2, -0.15) is 0 Å². The zero-order valence-corrected chi connectivity index (χ0v) is 9.29. The molecule has 0 bridgehead atoms. The molecule has 3 nitrogen and oxygen atoms in total. The van der Waals surface area contributed by atoms with E-state index in [1.165, 1.54) is 13.2 Å². The van der Waals surface area contributed by atoms with Gasteiger partial charge in [0.2, 0.25) is 0 Å². The van der Waals surface area contributed by atoms with Gasteiger partial charge in [0, 0.05) is 0 Å². The van der Waals surface area contributed by atoms with Gasteiger partial charge in [0.15, 0.2) is 0 Å². The van der Waals surface area contributed by atoms with Gasteiger partial charge in [-0.05, 0) is 24.6 Å². The smallest absolute Gasteiger partial charge is 0.332 e. The maximum atomic E-state index is 13.3. The lowest BCUT2D eigenvalue weighted by molar-refractivity contribution is -0.140. The molecule has 0 aromatic heterocycles. The standard InChI is InChI=1S/C12H14FNO2/c1-8(2)11(12(15)16-3)14-10-7-5-4-6-9(10)13/h4-7,11,14H,1H2,2-3H3. The molecule has 0 fully saturated rings. The number of benzene rings is 1. The molecular weight excluding hydrogens is 209 g/mol. The predicted molar refractivity (Wildman–Crippen MR) is 60.6 cm³/mol. The van der Waals surface area contributed by atoms with Crippen LogP contribution in [-0.2, 0) is 9.53 Å². The molecule has 0 aliphatic carbocycles. The van der Waals surface area contributed by atoms with Crippen molar-refractivity contribution < 1.29 is 13.9 Å². The van der Waals surface area contributed by atoms with Crippen molar-refractivity contribution >= 4 is 11.7 Å². The first-order chi connectivity index (χ1) is 7.56. The van der Waals surface area contributed by atoms with Crippen LogP contribution >= 0.6 is 0 Å². The molecular formula is C12H14FNO2. The summed E-state index contributed by atoms with van der Waals surface area (Å²) in [7, 11) is 1.28. The van der Waals surface area contributed by atoms with E-state index in [4.69, 9.17) is 0 Å². The summed E-state index contributed by atoms with van der Waals surface area (Å²) in [5.74, 6) is -0.909. The third-order valence-corrected chi connectivity index (χ3v) is 2.10. The molecule has 1 N–H and O–H groups in total. The Bertz CT molecular complexity index is 404. The average molecular weight is 223 g/mol. The molecule has 0 radical (unpaired) electrons. The van der Waals surface area contributed by atoms with Crippen molar-refractivity contribution in [1.82, 2.24) is 0 Å². The lowest BCUT2D eigenvalue weighted by atomic mass is 10.1. The summed E-state index contributed by atoms with van der Waals surface area (Å²) in [5.41, 5.74) is 0.816. The van der Waals surface area contributed by atoms with Gasteiger partial charge in [0.05, 0.1) is 12.8 Å². The number of esters is 1. The van der Waals surface area contributed by atoms with Crippen LogP contribution in [0.2, 0.25) is 0 Å². The molecule has 0 aliphatic heterocycles. The highest BCUT2D eigenvalue weighted by atomic mass is 19.1. The second kappa shape index (κ2) is 5.30. The Morgan fingerprint density at radius 2 is 2.12 bits per heavy atom. The third-order valence-electron chi connectivity index (χ3n) is 2.10. The van der Waals surface area contributed by atoms with Crippen molar-refractivity contribution in [3.05, 3.63) is 42.2 Å². The number of nitrogens with one attached hydrogen (secondary N) is 1. The normalized spacial score (nSPS) is 11.7. The third kappa shape index (κ3) is 2.82. The first-order valence-electron chi connectivity index (χ1n) is 4.80. The van der Waals surface area contributed by atoms with Gasteiger partial charge >= 0.3 is 5.97 Å². The van der Waals surface area contributed by atoms with Crippen LogP contribution in [0.4, 0.5) is 10.1 Å². The number of halogens is 1. The minimum absolute atomic E-state index is 0.251. The molecule has 0 spiro atoms. The van der Waals surface area contributed by atoms with Crippen LogP contribution in [0, 0.1) is 5.82 Å². The summed E-state index contributed by atoms with van der Waals surface area (Å²) >= 11 is 0. The quantitative estimate of drug-likeness (QED) is 0.629. The fourth-order valence-corrected chi connectivity index (χ4v) is 1.23. The SMILES string of the molecule is C=C(C)C(Nc1ccccc1F)C(=O)OC. The van der Waals surface area contributed by atoms with Crippen LogP contribution in [0.3, 0.4) is 0 Å². The van der Waals surface area contributed by atoms with Crippen molar-refractivity contribution in [3.8, 4) is 0 Å². The first kappa shape index (κ1) is 12.2. The van der Waals surface area contributed by atoms with E-state index in [1.54, 1.807) is 25.1 Å². The largest absolute Gasteiger partial charge is 0.467 e. The van der Waals surface area contributed by atoms with Crippen molar-refractivity contribution in [2.45, 2.75) is 13.0 Å². The van der Waals surface area contributed by atoms with E-state index in [0.717, 1.165) is 0 Å². The summed E-state index contributed by atoms with van der Waals surface area (Å²) < 4.78 is 17.9. The highest BCUT2D eigenvalue weighted by Gasteiger charge is 2.20. The van der Waals surface area contributed by atoms with E-state index in [2.05, 4.69) is 16.6 Å². The monoisotopic (exact) mass is 223 g/mol. The number of hydrogen-bond acceptors (Lipinski definition) is 3. The summed E-state index contributed by atoms with van der Waals surface area (Å²) in [4.78, 5) is 11.4. The molecule has 1 atom stereocenters. The zero-order chi connectivity index (χ0) is 12.1. The average Bonchev–Trinajstić information content (AvgIpc) is 2.26. The predicted octanol–water partition coefficient (Wildman–Crippen LogP) is 2.36. The molecule has 0 aliphatic rings. The Morgan fingerprint density at radius 1 is 1.50 bits per heavy atom. The summed E-state index contributed by atoms with van der Waals surface area (Å²) in [6.45, 7) is 5.34. The van der Waals surface area contributed by atoms with Crippen LogP contribution < -0.4 is 5.32 Å². The van der Waals surface area contributed by atoms with Gasteiger partial charge in [-0.15, -0.1) is 0 Å². The van der Waals surface area contributed by atoms with Crippen LogP contribution in [-0.4, -0.2) is 19.1 Å². The highest BCUT2D eigenvalue weighted by molar-refractivity contribution is 5.82. The van der Waals surface area contributed by atoms with Gasteiger partial charge in [0.1, 0.15) is 11.9 Å². The minimum atomic E-state index is -0.734. The molecule has 1 unspecified atom stereocenters. The summed E-state index contributed by atoms with van der Waals surface area (Å²) in [5, 5.41) is 2.75. The zero-order valence-electron chi connectivity index (χ0n) is 9.29. The van der Waals surface area contributed by atoms with Crippen molar-refractivity contribution in [3.63, 3.8) is 0 Å². The number of methoxy groups -OCH3 is 1. The van der Waals surface area contributed by atoms with E-state index in [9.17, 15) is 9.18 Å². The summed E-state index contributed by atoms with van der Waals surface area (Å²) in [6, 6.07) is 5.39. The number of ether oxygens (including phenoxy) is 1. The van der Waals surface area contributed by atoms with Crippen LogP contribution in [0.1, 0.15) is 6.92 Å². The van der Waals surface area contributed by atoms with Crippen molar-refractivity contribution in [2.24, 2.45) is 0 Å². The Kier molecular flexibility index (Phi) is 4.05. The Balaban J connectivity index is 2.88. The van der Waals surface area contributed by atoms with Crippen LogP contribution in [0.25, 0.3) is 0 Å². The van der Waals surface area contributed by atoms with Gasteiger partial charge < -0.3 is 10.1 Å². The molecule has 4 heteroatoms. The number of carbonyl (C=O) groups is 1. The number of hydrogen-bond donors (Lipinski definition) is 1. The van der Waals surface area contributed by atoms with Gasteiger partial charge in [0.25, 0.3) is 0 Å². The van der Waals surface area contributed by atoms with E-state index in [1.807, 2.05) is 0 Å². The second-order valence-corrected chi connectivity index (χ2v) is 3.43. The van der Waals surface area contributed by atoms with E-state index >= 15 is 0 Å². The Hall–Kier alpha value is -1.84. The lowest BCUT2D eigenvalue weighted by Crippen LogP contribution is -2.31. The van der Waals surface area contributed by atoms with E-state index in [-0.39, 0.29) is 5.69 Å². The molecule has 0 saturated carbocycles. The van der Waals surface area contributed by atoms with Crippen molar-refractivity contribution in [1.29, 1.82) is 0 Å². The molecule has 16 heavy (non-hydrogen) atoms. The topological polar surface area (TPSA) is 38.3 Å². The number of para-hydroxylation sites is 1. The molecule has 0 heterocycles. The molecule has 1 aromatic carbocycles. The molecule has 1 aromatic rings. The number of anilines is 1. The maximum absolute atomic E-state index is 13.3. The molecule has 0 amide bonds. The van der Waals surface area contributed by atoms with Crippen LogP contribution in [0.15, 0.2) is 36.4 Å². The Morgan fingerprint density at radius 3 is 2.62 bits per heavy atom. The number of carbonyl (C=O) groups excluding carboxylic acids is 1. The molecule has 1 rings (SSSR count). The van der Waals surface area contributed by atoms with E-state index < -0.39 is 17.8 Å². The number of rotatable bonds is 4. The van der Waals surface area contributed by atoms with Crippen molar-refractivity contribution in [2.75, 3.05) is 12.4 Å². The Labute approximate surface area is 93.9 Å². The van der Waals surface area contributed by atoms with Gasteiger partial charge in [-0.25, -0.2) is 9.18 Å². The first-order valence-corrected chi connectivity index (χ1v) is 4.80.